The minimum absolute atomic E-state index is 0.0435. The van der Waals surface area contributed by atoms with Gasteiger partial charge in [0, 0.05) is 24.9 Å². The summed E-state index contributed by atoms with van der Waals surface area (Å²) in [7, 11) is 0. The Morgan fingerprint density at radius 1 is 1.60 bits per heavy atom. The van der Waals surface area contributed by atoms with Gasteiger partial charge in [-0.05, 0) is 26.7 Å². The second-order valence-corrected chi connectivity index (χ2v) is 5.61. The third-order valence-corrected chi connectivity index (χ3v) is 3.43. The predicted octanol–water partition coefficient (Wildman–Crippen LogP) is 1.90. The van der Waals surface area contributed by atoms with Gasteiger partial charge in [-0.3, -0.25) is 0 Å². The quantitative estimate of drug-likeness (QED) is 0.572. The molecule has 1 aliphatic rings. The van der Waals surface area contributed by atoms with E-state index in [-0.39, 0.29) is 5.60 Å². The van der Waals surface area contributed by atoms with Crippen molar-refractivity contribution in [3.05, 3.63) is 0 Å². The molecule has 1 unspecified atom stereocenters. The number of rotatable bonds is 5. The van der Waals surface area contributed by atoms with Crippen LogP contribution in [0.25, 0.3) is 0 Å². The van der Waals surface area contributed by atoms with E-state index < -0.39 is 0 Å². The molecule has 0 aromatic heterocycles. The van der Waals surface area contributed by atoms with Crippen LogP contribution in [0.5, 0.6) is 0 Å². The lowest BCUT2D eigenvalue weighted by atomic mass is 9.94. The maximum Gasteiger partial charge on any atom is 0.0641 e. The molecule has 0 bridgehead atoms. The van der Waals surface area contributed by atoms with Gasteiger partial charge in [-0.2, -0.15) is 0 Å². The summed E-state index contributed by atoms with van der Waals surface area (Å²) in [5.74, 6) is 4.55. The fraction of sp³-hybridized carbons (Fsp3) is 0.833. The first-order valence-corrected chi connectivity index (χ1v) is 6.68. The number of hydrogen-bond donors (Lipinski definition) is 1. The molecule has 1 heterocycles. The number of thioether (sulfide) groups is 1. The Bertz CT molecular complexity index is 222. The van der Waals surface area contributed by atoms with E-state index in [1.165, 1.54) is 0 Å². The average molecular weight is 227 g/mol. The Kier molecular flexibility index (Phi) is 5.52. The van der Waals surface area contributed by atoms with Crippen LogP contribution < -0.4 is 5.32 Å². The number of ether oxygens (including phenoxy) is 1. The highest BCUT2D eigenvalue weighted by Gasteiger charge is 2.28. The summed E-state index contributed by atoms with van der Waals surface area (Å²) in [4.78, 5) is 0. The van der Waals surface area contributed by atoms with Gasteiger partial charge in [0.05, 0.1) is 11.4 Å². The van der Waals surface area contributed by atoms with Crippen LogP contribution in [0.1, 0.15) is 26.7 Å². The normalized spacial score (nSPS) is 24.7. The first-order valence-electron chi connectivity index (χ1n) is 5.52. The molecule has 0 aliphatic carbocycles. The first-order chi connectivity index (χ1) is 7.14. The zero-order chi connectivity index (χ0) is 11.1. The van der Waals surface area contributed by atoms with Crippen molar-refractivity contribution < 1.29 is 4.74 Å². The Morgan fingerprint density at radius 2 is 2.40 bits per heavy atom. The molecule has 1 N–H and O–H groups in total. The molecule has 0 aromatic rings. The molecule has 1 rings (SSSR count). The van der Waals surface area contributed by atoms with Crippen LogP contribution in [0.3, 0.4) is 0 Å². The van der Waals surface area contributed by atoms with E-state index in [0.717, 1.165) is 37.5 Å². The fourth-order valence-electron chi connectivity index (χ4n) is 1.87. The second kappa shape index (κ2) is 6.42. The van der Waals surface area contributed by atoms with Gasteiger partial charge in [0.15, 0.2) is 0 Å². The van der Waals surface area contributed by atoms with Crippen molar-refractivity contribution in [1.29, 1.82) is 0 Å². The monoisotopic (exact) mass is 227 g/mol. The lowest BCUT2D eigenvalue weighted by Gasteiger charge is -2.36. The topological polar surface area (TPSA) is 21.3 Å². The molecule has 1 saturated heterocycles. The van der Waals surface area contributed by atoms with Gasteiger partial charge in [0.2, 0.25) is 0 Å². The van der Waals surface area contributed by atoms with Crippen LogP contribution in [0.15, 0.2) is 0 Å². The zero-order valence-electron chi connectivity index (χ0n) is 9.71. The van der Waals surface area contributed by atoms with Crippen LogP contribution in [-0.2, 0) is 4.74 Å². The van der Waals surface area contributed by atoms with Crippen molar-refractivity contribution in [2.45, 2.75) is 38.3 Å². The SMILES string of the molecule is C#CCSCCNC1CCOC(C)(C)C1. The highest BCUT2D eigenvalue weighted by atomic mass is 32.2. The third-order valence-electron chi connectivity index (χ3n) is 2.56. The molecule has 1 atom stereocenters. The smallest absolute Gasteiger partial charge is 0.0641 e. The van der Waals surface area contributed by atoms with E-state index in [2.05, 4.69) is 25.1 Å². The van der Waals surface area contributed by atoms with E-state index in [1.54, 1.807) is 0 Å². The second-order valence-electron chi connectivity index (χ2n) is 4.51. The lowest BCUT2D eigenvalue weighted by Crippen LogP contribution is -2.44. The highest BCUT2D eigenvalue weighted by Crippen LogP contribution is 2.23. The Labute approximate surface area is 97.5 Å². The van der Waals surface area contributed by atoms with Gasteiger partial charge in [0.25, 0.3) is 0 Å². The maximum absolute atomic E-state index is 5.67. The molecule has 0 radical (unpaired) electrons. The summed E-state index contributed by atoms with van der Waals surface area (Å²) in [6, 6.07) is 0.611. The van der Waals surface area contributed by atoms with Crippen molar-refractivity contribution in [3.8, 4) is 12.3 Å². The molecule has 2 nitrogen and oxygen atoms in total. The standard InChI is InChI=1S/C12H21NOS/c1-4-8-15-9-6-13-11-5-7-14-12(2,3)10-11/h1,11,13H,5-10H2,2-3H3. The molecule has 1 fully saturated rings. The first kappa shape index (κ1) is 12.9. The molecular formula is C12H21NOS. The van der Waals surface area contributed by atoms with Gasteiger partial charge in [-0.15, -0.1) is 18.2 Å². The van der Waals surface area contributed by atoms with Crippen molar-refractivity contribution in [1.82, 2.24) is 5.32 Å². The molecular weight excluding hydrogens is 206 g/mol. The van der Waals surface area contributed by atoms with E-state index in [9.17, 15) is 0 Å². The van der Waals surface area contributed by atoms with Crippen LogP contribution in [-0.4, -0.2) is 36.3 Å². The van der Waals surface area contributed by atoms with Crippen molar-refractivity contribution in [2.75, 3.05) is 24.7 Å². The van der Waals surface area contributed by atoms with Gasteiger partial charge in [-0.25, -0.2) is 0 Å². The Balaban J connectivity index is 2.08. The molecule has 0 saturated carbocycles. The summed E-state index contributed by atoms with van der Waals surface area (Å²) in [5.41, 5.74) is 0.0435. The molecule has 15 heavy (non-hydrogen) atoms. The number of hydrogen-bond acceptors (Lipinski definition) is 3. The fourth-order valence-corrected chi connectivity index (χ4v) is 2.40. The van der Waals surface area contributed by atoms with Gasteiger partial charge in [0.1, 0.15) is 0 Å². The average Bonchev–Trinajstić information content (AvgIpc) is 2.16. The maximum atomic E-state index is 5.67. The van der Waals surface area contributed by atoms with Crippen LogP contribution in [0.4, 0.5) is 0 Å². The summed E-state index contributed by atoms with van der Waals surface area (Å²) in [5, 5.41) is 3.57. The number of terminal acetylenes is 1. The van der Waals surface area contributed by atoms with Gasteiger partial charge >= 0.3 is 0 Å². The minimum atomic E-state index is 0.0435. The molecule has 0 spiro atoms. The lowest BCUT2D eigenvalue weighted by molar-refractivity contribution is -0.0625. The van der Waals surface area contributed by atoms with E-state index in [4.69, 9.17) is 11.2 Å². The largest absolute Gasteiger partial charge is 0.375 e. The van der Waals surface area contributed by atoms with Crippen LogP contribution in [0, 0.1) is 12.3 Å². The summed E-state index contributed by atoms with van der Waals surface area (Å²) < 4.78 is 5.67. The Morgan fingerprint density at radius 3 is 3.07 bits per heavy atom. The van der Waals surface area contributed by atoms with Crippen LogP contribution in [0.2, 0.25) is 0 Å². The summed E-state index contributed by atoms with van der Waals surface area (Å²) in [6.45, 7) is 6.25. The summed E-state index contributed by atoms with van der Waals surface area (Å²) >= 11 is 1.81. The molecule has 1 aliphatic heterocycles. The van der Waals surface area contributed by atoms with Gasteiger partial charge in [-0.1, -0.05) is 5.92 Å². The summed E-state index contributed by atoms with van der Waals surface area (Å²) in [6.07, 6.45) is 7.41. The van der Waals surface area contributed by atoms with Crippen LogP contribution >= 0.6 is 11.8 Å². The Hall–Kier alpha value is -0.170. The zero-order valence-corrected chi connectivity index (χ0v) is 10.5. The van der Waals surface area contributed by atoms with Crippen molar-refractivity contribution in [2.24, 2.45) is 0 Å². The number of nitrogens with one attached hydrogen (secondary N) is 1. The minimum Gasteiger partial charge on any atom is -0.375 e. The molecule has 3 heteroatoms. The predicted molar refractivity (Wildman–Crippen MR) is 67.2 cm³/mol. The van der Waals surface area contributed by atoms with Gasteiger partial charge < -0.3 is 10.1 Å². The highest BCUT2D eigenvalue weighted by molar-refractivity contribution is 7.99. The van der Waals surface area contributed by atoms with E-state index >= 15 is 0 Å². The molecule has 0 aromatic carbocycles. The third kappa shape index (κ3) is 5.46. The molecule has 0 amide bonds. The van der Waals surface area contributed by atoms with E-state index in [0.29, 0.717) is 6.04 Å². The molecule has 86 valence electrons. The van der Waals surface area contributed by atoms with E-state index in [1.807, 2.05) is 11.8 Å². The van der Waals surface area contributed by atoms with Crippen molar-refractivity contribution >= 4 is 11.8 Å². The van der Waals surface area contributed by atoms with Crippen molar-refractivity contribution in [3.63, 3.8) is 0 Å².